The van der Waals surface area contributed by atoms with Crippen molar-refractivity contribution in [1.29, 1.82) is 0 Å². The highest BCUT2D eigenvalue weighted by Gasteiger charge is 2.09. The maximum absolute atomic E-state index is 6.24. The molecule has 0 unspecified atom stereocenters. The Balaban J connectivity index is 1.89. The molecule has 0 spiro atoms. The van der Waals surface area contributed by atoms with Crippen molar-refractivity contribution in [1.82, 2.24) is 0 Å². The molecule has 0 fully saturated rings. The summed E-state index contributed by atoms with van der Waals surface area (Å²) in [5.41, 5.74) is 4.03. The summed E-state index contributed by atoms with van der Waals surface area (Å²) in [5, 5.41) is 4.67. The van der Waals surface area contributed by atoms with E-state index in [-0.39, 0.29) is 0 Å². The number of hydrogen-bond donors (Lipinski definition) is 1. The molecule has 4 heteroatoms. The van der Waals surface area contributed by atoms with Crippen LogP contribution in [0, 0.1) is 0 Å². The molecule has 0 amide bonds. The molecule has 0 bridgehead atoms. The smallest absolute Gasteiger partial charge is 0.141 e. The monoisotopic (exact) mass is 357 g/mol. The van der Waals surface area contributed by atoms with Gasteiger partial charge in [-0.1, -0.05) is 65.7 Å². The van der Waals surface area contributed by atoms with Gasteiger partial charge in [0.1, 0.15) is 5.75 Å². The summed E-state index contributed by atoms with van der Waals surface area (Å²) in [5.74, 6) is 0.776. The number of benzene rings is 3. The van der Waals surface area contributed by atoms with Crippen molar-refractivity contribution in [2.45, 2.75) is 6.54 Å². The summed E-state index contributed by atoms with van der Waals surface area (Å²) >= 11 is 12.5. The van der Waals surface area contributed by atoms with Crippen LogP contribution in [0.15, 0.2) is 66.7 Å². The Kier molecular flexibility index (Phi) is 5.29. The highest BCUT2D eigenvalue weighted by Crippen LogP contribution is 2.32. The molecule has 0 saturated carbocycles. The molecule has 3 rings (SSSR count). The van der Waals surface area contributed by atoms with E-state index in [1.807, 2.05) is 48.5 Å². The SMILES string of the molecule is COc1ccc(-c2ccccc2)cc1NCc1c(Cl)cccc1Cl. The zero-order valence-corrected chi connectivity index (χ0v) is 14.7. The van der Waals surface area contributed by atoms with Crippen molar-refractivity contribution in [3.05, 3.63) is 82.3 Å². The molecule has 3 aromatic carbocycles. The Morgan fingerprint density at radius 3 is 2.21 bits per heavy atom. The Hall–Kier alpha value is -2.16. The van der Waals surface area contributed by atoms with Gasteiger partial charge in [-0.25, -0.2) is 0 Å². The van der Waals surface area contributed by atoms with Gasteiger partial charge < -0.3 is 10.1 Å². The number of halogens is 2. The van der Waals surface area contributed by atoms with Gasteiger partial charge in [-0.15, -0.1) is 0 Å². The summed E-state index contributed by atoms with van der Waals surface area (Å²) < 4.78 is 5.46. The summed E-state index contributed by atoms with van der Waals surface area (Å²) in [7, 11) is 1.66. The van der Waals surface area contributed by atoms with Gasteiger partial charge in [0.15, 0.2) is 0 Å². The molecule has 0 aromatic heterocycles. The molecule has 3 aromatic rings. The van der Waals surface area contributed by atoms with Gasteiger partial charge in [0.25, 0.3) is 0 Å². The predicted octanol–water partition coefficient (Wildman–Crippen LogP) is 6.28. The van der Waals surface area contributed by atoms with Gasteiger partial charge in [-0.2, -0.15) is 0 Å². The minimum absolute atomic E-state index is 0.521. The van der Waals surface area contributed by atoms with Crippen LogP contribution >= 0.6 is 23.2 Å². The first-order valence-corrected chi connectivity index (χ1v) is 8.35. The lowest BCUT2D eigenvalue weighted by Gasteiger charge is -2.14. The Bertz CT molecular complexity index is 814. The lowest BCUT2D eigenvalue weighted by atomic mass is 10.0. The molecule has 0 radical (unpaired) electrons. The van der Waals surface area contributed by atoms with Crippen LogP contribution in [0.1, 0.15) is 5.56 Å². The largest absolute Gasteiger partial charge is 0.495 e. The second kappa shape index (κ2) is 7.61. The van der Waals surface area contributed by atoms with Gasteiger partial charge in [0, 0.05) is 22.2 Å². The first-order valence-electron chi connectivity index (χ1n) is 7.59. The molecule has 0 heterocycles. The van der Waals surface area contributed by atoms with Crippen LogP contribution in [0.3, 0.4) is 0 Å². The zero-order valence-electron chi connectivity index (χ0n) is 13.2. The van der Waals surface area contributed by atoms with Crippen molar-refractivity contribution >= 4 is 28.9 Å². The highest BCUT2D eigenvalue weighted by atomic mass is 35.5. The van der Waals surface area contributed by atoms with E-state index in [0.717, 1.165) is 28.1 Å². The second-order valence-electron chi connectivity index (χ2n) is 5.33. The lowest BCUT2D eigenvalue weighted by Crippen LogP contribution is -2.03. The third kappa shape index (κ3) is 3.66. The van der Waals surface area contributed by atoms with E-state index in [0.29, 0.717) is 16.6 Å². The van der Waals surface area contributed by atoms with E-state index < -0.39 is 0 Å². The lowest BCUT2D eigenvalue weighted by molar-refractivity contribution is 0.416. The van der Waals surface area contributed by atoms with E-state index in [9.17, 15) is 0 Å². The van der Waals surface area contributed by atoms with Crippen LogP contribution in [0.2, 0.25) is 10.0 Å². The third-order valence-electron chi connectivity index (χ3n) is 3.82. The first kappa shape index (κ1) is 16.7. The number of rotatable bonds is 5. The third-order valence-corrected chi connectivity index (χ3v) is 4.53. The van der Waals surface area contributed by atoms with E-state index in [4.69, 9.17) is 27.9 Å². The van der Waals surface area contributed by atoms with Gasteiger partial charge in [0.05, 0.1) is 12.8 Å². The predicted molar refractivity (Wildman–Crippen MR) is 102 cm³/mol. The number of ether oxygens (including phenoxy) is 1. The molecule has 0 aliphatic heterocycles. The molecule has 0 atom stereocenters. The fourth-order valence-electron chi connectivity index (χ4n) is 2.54. The van der Waals surface area contributed by atoms with Crippen molar-refractivity contribution < 1.29 is 4.74 Å². The van der Waals surface area contributed by atoms with Crippen molar-refractivity contribution in [3.63, 3.8) is 0 Å². The van der Waals surface area contributed by atoms with Crippen LogP contribution in [-0.2, 0) is 6.54 Å². The van der Waals surface area contributed by atoms with Crippen LogP contribution < -0.4 is 10.1 Å². The van der Waals surface area contributed by atoms with Crippen molar-refractivity contribution in [3.8, 4) is 16.9 Å². The standard InChI is InChI=1S/C20H17Cl2NO/c1-24-20-11-10-15(14-6-3-2-4-7-14)12-19(20)23-13-16-17(21)8-5-9-18(16)22/h2-12,23H,13H2,1H3. The number of anilines is 1. The molecule has 1 N–H and O–H groups in total. The van der Waals surface area contributed by atoms with E-state index >= 15 is 0 Å². The average molecular weight is 358 g/mol. The van der Waals surface area contributed by atoms with Gasteiger partial charge in [0.2, 0.25) is 0 Å². The number of nitrogens with one attached hydrogen (secondary N) is 1. The minimum Gasteiger partial charge on any atom is -0.495 e. The zero-order chi connectivity index (χ0) is 16.9. The highest BCUT2D eigenvalue weighted by molar-refractivity contribution is 6.36. The topological polar surface area (TPSA) is 21.3 Å². The van der Waals surface area contributed by atoms with Crippen LogP contribution in [-0.4, -0.2) is 7.11 Å². The van der Waals surface area contributed by atoms with E-state index in [2.05, 4.69) is 23.5 Å². The normalized spacial score (nSPS) is 10.5. The van der Waals surface area contributed by atoms with E-state index in [1.54, 1.807) is 7.11 Å². The summed E-state index contributed by atoms with van der Waals surface area (Å²) in [6.07, 6.45) is 0. The molecule has 2 nitrogen and oxygen atoms in total. The average Bonchev–Trinajstić information content (AvgIpc) is 2.62. The molecular weight excluding hydrogens is 341 g/mol. The first-order chi connectivity index (χ1) is 11.7. The fourth-order valence-corrected chi connectivity index (χ4v) is 3.07. The maximum atomic E-state index is 6.24. The molecular formula is C20H17Cl2NO. The Labute approximate surface area is 152 Å². The number of hydrogen-bond acceptors (Lipinski definition) is 2. The van der Waals surface area contributed by atoms with Gasteiger partial charge in [-0.05, 0) is 35.4 Å². The second-order valence-corrected chi connectivity index (χ2v) is 6.15. The number of methoxy groups -OCH3 is 1. The quantitative estimate of drug-likeness (QED) is 0.579. The molecule has 122 valence electrons. The van der Waals surface area contributed by atoms with Gasteiger partial charge >= 0.3 is 0 Å². The summed E-state index contributed by atoms with van der Waals surface area (Å²) in [6, 6.07) is 21.8. The molecule has 0 aliphatic carbocycles. The molecule has 0 saturated heterocycles. The maximum Gasteiger partial charge on any atom is 0.141 e. The Morgan fingerprint density at radius 1 is 0.833 bits per heavy atom. The Morgan fingerprint density at radius 2 is 1.54 bits per heavy atom. The van der Waals surface area contributed by atoms with Crippen molar-refractivity contribution in [2.75, 3.05) is 12.4 Å². The van der Waals surface area contributed by atoms with Crippen LogP contribution in [0.5, 0.6) is 5.75 Å². The summed E-state index contributed by atoms with van der Waals surface area (Å²) in [6.45, 7) is 0.521. The fraction of sp³-hybridized carbons (Fsp3) is 0.100. The van der Waals surface area contributed by atoms with Crippen molar-refractivity contribution in [2.24, 2.45) is 0 Å². The summed E-state index contributed by atoms with van der Waals surface area (Å²) in [4.78, 5) is 0. The van der Waals surface area contributed by atoms with E-state index in [1.165, 1.54) is 0 Å². The van der Waals surface area contributed by atoms with Crippen LogP contribution in [0.4, 0.5) is 5.69 Å². The van der Waals surface area contributed by atoms with Gasteiger partial charge in [-0.3, -0.25) is 0 Å². The molecule has 24 heavy (non-hydrogen) atoms. The minimum atomic E-state index is 0.521. The van der Waals surface area contributed by atoms with Crippen LogP contribution in [0.25, 0.3) is 11.1 Å². The molecule has 0 aliphatic rings.